The van der Waals surface area contributed by atoms with Gasteiger partial charge >= 0.3 is 12.4 Å². The Balaban J connectivity index is 1.78. The van der Waals surface area contributed by atoms with Gasteiger partial charge in [0.15, 0.2) is 0 Å². The monoisotopic (exact) mass is 403 g/mol. The van der Waals surface area contributed by atoms with E-state index in [2.05, 4.69) is 20.0 Å². The highest BCUT2D eigenvalue weighted by Crippen LogP contribution is 2.26. The van der Waals surface area contributed by atoms with Crippen LogP contribution >= 0.6 is 0 Å². The lowest BCUT2D eigenvalue weighted by Gasteiger charge is -2.13. The molecule has 0 fully saturated rings. The van der Waals surface area contributed by atoms with E-state index in [9.17, 15) is 18.0 Å². The van der Waals surface area contributed by atoms with Crippen molar-refractivity contribution < 1.29 is 27.4 Å². The second-order valence-electron chi connectivity index (χ2n) is 6.00. The quantitative estimate of drug-likeness (QED) is 0.646. The third-order valence-electron chi connectivity index (χ3n) is 3.77. The van der Waals surface area contributed by atoms with Crippen molar-refractivity contribution in [3.63, 3.8) is 0 Å². The Labute approximate surface area is 164 Å². The Morgan fingerprint density at radius 2 is 1.55 bits per heavy atom. The van der Waals surface area contributed by atoms with Gasteiger partial charge in [0.2, 0.25) is 0 Å². The molecule has 1 N–H and O–H groups in total. The molecule has 1 amide bonds. The van der Waals surface area contributed by atoms with Crippen LogP contribution in [0.15, 0.2) is 54.6 Å². The van der Waals surface area contributed by atoms with Crippen LogP contribution < -0.4 is 14.8 Å². The van der Waals surface area contributed by atoms with Crippen LogP contribution in [0.3, 0.4) is 0 Å². The van der Waals surface area contributed by atoms with Gasteiger partial charge in [-0.25, -0.2) is 0 Å². The van der Waals surface area contributed by atoms with Crippen LogP contribution in [0.1, 0.15) is 21.7 Å². The first kappa shape index (κ1) is 20.1. The number of alkyl halides is 3. The minimum atomic E-state index is -4.84. The molecule has 3 rings (SSSR count). The summed E-state index contributed by atoms with van der Waals surface area (Å²) in [6.07, 6.45) is -4.84. The number of halogens is 3. The number of hydrogen-bond donors (Lipinski definition) is 1. The lowest BCUT2D eigenvalue weighted by atomic mass is 10.2. The van der Waals surface area contributed by atoms with E-state index in [1.54, 1.807) is 38.1 Å². The molecule has 0 radical (unpaired) electrons. The van der Waals surface area contributed by atoms with E-state index in [1.807, 2.05) is 6.07 Å². The molecule has 1 aromatic heterocycles. The van der Waals surface area contributed by atoms with Crippen LogP contribution in [0, 0.1) is 13.8 Å². The molecule has 29 heavy (non-hydrogen) atoms. The fraction of sp³-hybridized carbons (Fsp3) is 0.150. The molecule has 2 aromatic carbocycles. The van der Waals surface area contributed by atoms with Crippen LogP contribution in [0.2, 0.25) is 0 Å². The molecule has 3 aromatic rings. The van der Waals surface area contributed by atoms with Crippen molar-refractivity contribution in [3.8, 4) is 17.5 Å². The zero-order valence-electron chi connectivity index (χ0n) is 15.4. The van der Waals surface area contributed by atoms with Crippen LogP contribution in [-0.2, 0) is 0 Å². The maximum atomic E-state index is 12.5. The van der Waals surface area contributed by atoms with Gasteiger partial charge in [0.25, 0.3) is 5.91 Å². The summed E-state index contributed by atoms with van der Waals surface area (Å²) >= 11 is 0. The highest BCUT2D eigenvalue weighted by molar-refractivity contribution is 6.05. The molecule has 0 unspecified atom stereocenters. The van der Waals surface area contributed by atoms with Gasteiger partial charge in [-0.05, 0) is 44.2 Å². The molecule has 6 nitrogen and oxygen atoms in total. The number of aryl methyl sites for hydroxylation is 2. The van der Waals surface area contributed by atoms with Gasteiger partial charge in [-0.3, -0.25) is 4.79 Å². The summed E-state index contributed by atoms with van der Waals surface area (Å²) in [6, 6.07) is 13.9. The Hall–Kier alpha value is -3.62. The van der Waals surface area contributed by atoms with Crippen molar-refractivity contribution in [2.45, 2.75) is 20.2 Å². The lowest BCUT2D eigenvalue weighted by molar-refractivity contribution is -0.274. The maximum Gasteiger partial charge on any atom is 0.573 e. The van der Waals surface area contributed by atoms with Crippen molar-refractivity contribution in [2.24, 2.45) is 0 Å². The minimum Gasteiger partial charge on any atom is -0.424 e. The van der Waals surface area contributed by atoms with Gasteiger partial charge < -0.3 is 14.8 Å². The smallest absolute Gasteiger partial charge is 0.424 e. The molecule has 0 saturated heterocycles. The number of nitrogens with zero attached hydrogens (tertiary/aromatic N) is 2. The highest BCUT2D eigenvalue weighted by Gasteiger charge is 2.31. The predicted molar refractivity (Wildman–Crippen MR) is 99.1 cm³/mol. The van der Waals surface area contributed by atoms with Crippen molar-refractivity contribution in [3.05, 3.63) is 71.5 Å². The number of ether oxygens (including phenoxy) is 2. The number of hydrogen-bond acceptors (Lipinski definition) is 5. The molecular weight excluding hydrogens is 387 g/mol. The van der Waals surface area contributed by atoms with E-state index < -0.39 is 18.0 Å². The molecule has 150 valence electrons. The Kier molecular flexibility index (Phi) is 5.67. The van der Waals surface area contributed by atoms with Crippen LogP contribution in [0.4, 0.5) is 18.9 Å². The summed E-state index contributed by atoms with van der Waals surface area (Å²) in [7, 11) is 0. The molecule has 0 atom stereocenters. The topological polar surface area (TPSA) is 73.3 Å². The summed E-state index contributed by atoms with van der Waals surface area (Å²) in [6.45, 7) is 3.32. The number of carbonyl (C=O) groups excluding carboxylic acids is 1. The normalized spacial score (nSPS) is 11.1. The molecule has 0 saturated carbocycles. The molecule has 0 aliphatic rings. The van der Waals surface area contributed by atoms with Gasteiger partial charge in [0.1, 0.15) is 11.5 Å². The van der Waals surface area contributed by atoms with E-state index in [4.69, 9.17) is 4.74 Å². The van der Waals surface area contributed by atoms with Crippen LogP contribution in [0.5, 0.6) is 17.5 Å². The van der Waals surface area contributed by atoms with Crippen molar-refractivity contribution >= 4 is 11.6 Å². The van der Waals surface area contributed by atoms with Crippen molar-refractivity contribution in [1.29, 1.82) is 0 Å². The fourth-order valence-corrected chi connectivity index (χ4v) is 2.53. The third-order valence-corrected chi connectivity index (χ3v) is 3.77. The van der Waals surface area contributed by atoms with E-state index in [0.717, 1.165) is 12.1 Å². The Bertz CT molecular complexity index is 1000. The highest BCUT2D eigenvalue weighted by atomic mass is 19.4. The summed E-state index contributed by atoms with van der Waals surface area (Å²) in [5, 5.41) is 2.62. The first-order valence-electron chi connectivity index (χ1n) is 8.46. The maximum absolute atomic E-state index is 12.5. The van der Waals surface area contributed by atoms with Gasteiger partial charge in [-0.1, -0.05) is 24.3 Å². The molecule has 0 spiro atoms. The Morgan fingerprint density at radius 3 is 2.17 bits per heavy atom. The van der Waals surface area contributed by atoms with E-state index in [0.29, 0.717) is 22.8 Å². The standard InChI is InChI=1S/C20H16F3N3O3/c1-12-17(13(2)25-19(24-12)28-15-8-4-3-5-9-15)26-18(27)14-7-6-10-16(11-14)29-20(21,22)23/h3-11H,1-2H3,(H,26,27). The average Bonchev–Trinajstić information content (AvgIpc) is 2.64. The van der Waals surface area contributed by atoms with Crippen molar-refractivity contribution in [2.75, 3.05) is 5.32 Å². The van der Waals surface area contributed by atoms with E-state index >= 15 is 0 Å². The molecule has 0 aliphatic carbocycles. The third kappa shape index (κ3) is 5.44. The number of carbonyl (C=O) groups is 1. The molecule has 1 heterocycles. The summed E-state index contributed by atoms with van der Waals surface area (Å²) in [5.41, 5.74) is 1.23. The summed E-state index contributed by atoms with van der Waals surface area (Å²) in [5.74, 6) is -0.546. The fourth-order valence-electron chi connectivity index (χ4n) is 2.53. The van der Waals surface area contributed by atoms with Crippen LogP contribution in [0.25, 0.3) is 0 Å². The number of benzene rings is 2. The molecule has 9 heteroatoms. The second-order valence-corrected chi connectivity index (χ2v) is 6.00. The molecule has 0 aliphatic heterocycles. The first-order valence-corrected chi connectivity index (χ1v) is 8.46. The SMILES string of the molecule is Cc1nc(Oc2ccccc2)nc(C)c1NC(=O)c1cccc(OC(F)(F)F)c1. The molecular formula is C20H16F3N3O3. The zero-order chi connectivity index (χ0) is 21.0. The number of aromatic nitrogens is 2. The van der Waals surface area contributed by atoms with Gasteiger partial charge in [0.05, 0.1) is 17.1 Å². The largest absolute Gasteiger partial charge is 0.573 e. The lowest BCUT2D eigenvalue weighted by Crippen LogP contribution is -2.18. The number of para-hydroxylation sites is 1. The van der Waals surface area contributed by atoms with Crippen LogP contribution in [-0.4, -0.2) is 22.2 Å². The number of amides is 1. The van der Waals surface area contributed by atoms with E-state index in [1.165, 1.54) is 12.1 Å². The number of anilines is 1. The Morgan fingerprint density at radius 1 is 0.931 bits per heavy atom. The minimum absolute atomic E-state index is 0.00448. The average molecular weight is 403 g/mol. The van der Waals surface area contributed by atoms with Gasteiger partial charge in [-0.2, -0.15) is 9.97 Å². The van der Waals surface area contributed by atoms with Gasteiger partial charge in [0, 0.05) is 5.56 Å². The number of rotatable bonds is 5. The number of nitrogens with one attached hydrogen (secondary N) is 1. The second kappa shape index (κ2) is 8.17. The van der Waals surface area contributed by atoms with Crippen molar-refractivity contribution in [1.82, 2.24) is 9.97 Å². The predicted octanol–water partition coefficient (Wildman–Crippen LogP) is 5.04. The van der Waals surface area contributed by atoms with Gasteiger partial charge in [-0.15, -0.1) is 13.2 Å². The zero-order valence-corrected chi connectivity index (χ0v) is 15.4. The molecule has 0 bridgehead atoms. The first-order chi connectivity index (χ1) is 13.7. The van der Waals surface area contributed by atoms with E-state index in [-0.39, 0.29) is 11.6 Å². The summed E-state index contributed by atoms with van der Waals surface area (Å²) in [4.78, 5) is 20.9. The summed E-state index contributed by atoms with van der Waals surface area (Å²) < 4.78 is 46.5.